The van der Waals surface area contributed by atoms with Crippen LogP contribution >= 0.6 is 35.3 Å². The largest absolute Gasteiger partial charge is 0.475 e. The van der Waals surface area contributed by atoms with Gasteiger partial charge in [-0.25, -0.2) is 9.98 Å². The van der Waals surface area contributed by atoms with E-state index in [0.29, 0.717) is 31.6 Å². The quantitative estimate of drug-likeness (QED) is 0.224. The number of nitrogens with one attached hydrogen (secondary N) is 2. The average molecular weight is 504 g/mol. The lowest BCUT2D eigenvalue weighted by atomic mass is 10.1. The molecule has 0 radical (unpaired) electrons. The van der Waals surface area contributed by atoms with Gasteiger partial charge in [-0.2, -0.15) is 11.3 Å². The third-order valence-corrected chi connectivity index (χ3v) is 4.52. The van der Waals surface area contributed by atoms with Crippen LogP contribution in [0.25, 0.3) is 0 Å². The summed E-state index contributed by atoms with van der Waals surface area (Å²) < 4.78 is 10.7. The first-order valence-corrected chi connectivity index (χ1v) is 9.78. The first-order valence-electron chi connectivity index (χ1n) is 8.84. The minimum absolute atomic E-state index is 0. The van der Waals surface area contributed by atoms with E-state index in [-0.39, 0.29) is 24.0 Å². The predicted molar refractivity (Wildman–Crippen MR) is 123 cm³/mol. The summed E-state index contributed by atoms with van der Waals surface area (Å²) in [7, 11) is 1.65. The van der Waals surface area contributed by atoms with Crippen LogP contribution in [0.3, 0.4) is 0 Å². The van der Waals surface area contributed by atoms with Crippen LogP contribution in [0.4, 0.5) is 0 Å². The van der Waals surface area contributed by atoms with Crippen LogP contribution in [0.15, 0.2) is 40.1 Å². The third-order valence-electron chi connectivity index (χ3n) is 3.82. The molecule has 2 heterocycles. The van der Waals surface area contributed by atoms with E-state index in [9.17, 15) is 0 Å². The zero-order chi connectivity index (χ0) is 18.6. The zero-order valence-corrected chi connectivity index (χ0v) is 19.3. The van der Waals surface area contributed by atoms with Crippen LogP contribution in [0, 0.1) is 0 Å². The second-order valence-electron chi connectivity index (χ2n) is 5.84. The van der Waals surface area contributed by atoms with E-state index in [1.807, 2.05) is 12.1 Å². The number of pyridine rings is 1. The number of rotatable bonds is 10. The third kappa shape index (κ3) is 8.44. The molecule has 2 aromatic rings. The molecule has 0 aliphatic heterocycles. The maximum atomic E-state index is 5.67. The maximum absolute atomic E-state index is 5.67. The maximum Gasteiger partial charge on any atom is 0.218 e. The van der Waals surface area contributed by atoms with Gasteiger partial charge >= 0.3 is 0 Å². The molecule has 150 valence electrons. The lowest BCUT2D eigenvalue weighted by Crippen LogP contribution is -2.39. The summed E-state index contributed by atoms with van der Waals surface area (Å²) >= 11 is 1.73. The molecule has 8 heteroatoms. The molecule has 6 nitrogen and oxygen atoms in total. The molecule has 0 aromatic carbocycles. The number of ether oxygens (including phenoxy) is 2. The van der Waals surface area contributed by atoms with Crippen molar-refractivity contribution in [3.8, 4) is 5.88 Å². The van der Waals surface area contributed by atoms with Gasteiger partial charge in [0.25, 0.3) is 0 Å². The molecule has 1 unspecified atom stereocenters. The number of nitrogens with zero attached hydrogens (tertiary/aromatic N) is 2. The molecular formula is C19H29IN4O2S. The second kappa shape index (κ2) is 13.7. The zero-order valence-electron chi connectivity index (χ0n) is 16.1. The first-order chi connectivity index (χ1) is 12.7. The van der Waals surface area contributed by atoms with Crippen LogP contribution in [-0.2, 0) is 11.3 Å². The predicted octanol–water partition coefficient (Wildman–Crippen LogP) is 3.65. The number of thiophene rings is 1. The van der Waals surface area contributed by atoms with Crippen LogP contribution in [0.5, 0.6) is 5.88 Å². The summed E-state index contributed by atoms with van der Waals surface area (Å²) in [4.78, 5) is 8.97. The lowest BCUT2D eigenvalue weighted by Gasteiger charge is -2.15. The Morgan fingerprint density at radius 2 is 2.15 bits per heavy atom. The van der Waals surface area contributed by atoms with Gasteiger partial charge in [0.15, 0.2) is 5.96 Å². The number of methoxy groups -OCH3 is 1. The topological polar surface area (TPSA) is 67.8 Å². The summed E-state index contributed by atoms with van der Waals surface area (Å²) in [5.74, 6) is 1.83. The molecule has 0 aliphatic carbocycles. The number of aliphatic imine (C=N–C) groups is 1. The fourth-order valence-electron chi connectivity index (χ4n) is 2.33. The molecule has 0 saturated carbocycles. The molecule has 27 heavy (non-hydrogen) atoms. The van der Waals surface area contributed by atoms with E-state index in [4.69, 9.17) is 9.47 Å². The van der Waals surface area contributed by atoms with E-state index in [1.54, 1.807) is 24.6 Å². The van der Waals surface area contributed by atoms with E-state index in [0.717, 1.165) is 24.6 Å². The molecule has 0 aliphatic rings. The van der Waals surface area contributed by atoms with Crippen molar-refractivity contribution in [1.29, 1.82) is 0 Å². The van der Waals surface area contributed by atoms with Crippen molar-refractivity contribution >= 4 is 41.3 Å². The number of aromatic nitrogens is 1. The minimum atomic E-state index is 0. The van der Waals surface area contributed by atoms with Gasteiger partial charge in [0, 0.05) is 32.0 Å². The molecule has 0 bridgehead atoms. The van der Waals surface area contributed by atoms with Gasteiger partial charge in [0.2, 0.25) is 5.88 Å². The molecule has 2 N–H and O–H groups in total. The lowest BCUT2D eigenvalue weighted by molar-refractivity contribution is 0.143. The first kappa shape index (κ1) is 23.6. The average Bonchev–Trinajstić information content (AvgIpc) is 3.20. The van der Waals surface area contributed by atoms with E-state index in [2.05, 4.69) is 51.3 Å². The monoisotopic (exact) mass is 504 g/mol. The van der Waals surface area contributed by atoms with Gasteiger partial charge in [0.05, 0.1) is 13.2 Å². The Kier molecular flexibility index (Phi) is 12.0. The van der Waals surface area contributed by atoms with Gasteiger partial charge in [-0.3, -0.25) is 0 Å². The molecule has 0 spiro atoms. The molecular weight excluding hydrogens is 475 g/mol. The highest BCUT2D eigenvalue weighted by Crippen LogP contribution is 2.17. The highest BCUT2D eigenvalue weighted by atomic mass is 127. The van der Waals surface area contributed by atoms with Crippen molar-refractivity contribution in [2.45, 2.75) is 26.3 Å². The normalized spacial score (nSPS) is 12.2. The Bertz CT molecular complexity index is 667. The van der Waals surface area contributed by atoms with Crippen molar-refractivity contribution in [2.75, 3.05) is 33.4 Å². The summed E-state index contributed by atoms with van der Waals surface area (Å²) in [6.07, 6.45) is 1.72. The molecule has 0 amide bonds. The van der Waals surface area contributed by atoms with Crippen LogP contribution in [0.1, 0.15) is 30.9 Å². The van der Waals surface area contributed by atoms with Gasteiger partial charge in [0.1, 0.15) is 6.61 Å². The van der Waals surface area contributed by atoms with Gasteiger partial charge in [-0.1, -0.05) is 13.0 Å². The van der Waals surface area contributed by atoms with Crippen molar-refractivity contribution in [3.05, 3.63) is 46.3 Å². The number of hydrogen-bond donors (Lipinski definition) is 2. The molecule has 1 atom stereocenters. The fourth-order valence-corrected chi connectivity index (χ4v) is 3.11. The SMILES string of the molecule is CCNC(=NCc1cccnc1OCCOC)NCC(C)c1ccsc1.I. The van der Waals surface area contributed by atoms with Crippen LogP contribution < -0.4 is 15.4 Å². The minimum Gasteiger partial charge on any atom is -0.475 e. The van der Waals surface area contributed by atoms with E-state index >= 15 is 0 Å². The smallest absolute Gasteiger partial charge is 0.218 e. The summed E-state index contributed by atoms with van der Waals surface area (Å²) in [6, 6.07) is 6.05. The Hall–Kier alpha value is -1.39. The van der Waals surface area contributed by atoms with Crippen molar-refractivity contribution in [3.63, 3.8) is 0 Å². The highest BCUT2D eigenvalue weighted by Gasteiger charge is 2.08. The second-order valence-corrected chi connectivity index (χ2v) is 6.62. The number of halogens is 1. The Morgan fingerprint density at radius 3 is 2.85 bits per heavy atom. The highest BCUT2D eigenvalue weighted by molar-refractivity contribution is 14.0. The molecule has 2 rings (SSSR count). The Labute approximate surface area is 182 Å². The van der Waals surface area contributed by atoms with Gasteiger partial charge < -0.3 is 20.1 Å². The van der Waals surface area contributed by atoms with Crippen molar-refractivity contribution < 1.29 is 9.47 Å². The van der Waals surface area contributed by atoms with Crippen LogP contribution in [-0.4, -0.2) is 44.4 Å². The van der Waals surface area contributed by atoms with Crippen molar-refractivity contribution in [1.82, 2.24) is 15.6 Å². The van der Waals surface area contributed by atoms with E-state index in [1.165, 1.54) is 5.56 Å². The molecule has 2 aromatic heterocycles. The Morgan fingerprint density at radius 1 is 1.30 bits per heavy atom. The number of guanidine groups is 1. The summed E-state index contributed by atoms with van der Waals surface area (Å²) in [6.45, 7) is 7.41. The molecule has 0 saturated heterocycles. The Balaban J connectivity index is 0.00000364. The fraction of sp³-hybridized carbons (Fsp3) is 0.474. The number of hydrogen-bond acceptors (Lipinski definition) is 5. The van der Waals surface area contributed by atoms with E-state index < -0.39 is 0 Å². The van der Waals surface area contributed by atoms with Crippen molar-refractivity contribution in [2.24, 2.45) is 4.99 Å². The summed E-state index contributed by atoms with van der Waals surface area (Å²) in [5.41, 5.74) is 2.30. The standard InChI is InChI=1S/C19H28N4O2S.HI/c1-4-20-19(22-12-15(2)17-7-11-26-14-17)23-13-16-6-5-8-21-18(16)25-10-9-24-3;/h5-8,11,14-15H,4,9-10,12-13H2,1-3H3,(H2,20,22,23);1H. The molecule has 0 fully saturated rings. The van der Waals surface area contributed by atoms with Gasteiger partial charge in [-0.05, 0) is 41.3 Å². The summed E-state index contributed by atoms with van der Waals surface area (Å²) in [5, 5.41) is 11.0. The van der Waals surface area contributed by atoms with Gasteiger partial charge in [-0.15, -0.1) is 24.0 Å². The van der Waals surface area contributed by atoms with Crippen LogP contribution in [0.2, 0.25) is 0 Å².